The molecular formula is C25H22ClN5O2. The van der Waals surface area contributed by atoms with Crippen molar-refractivity contribution in [1.82, 2.24) is 19.9 Å². The molecule has 3 heterocycles. The van der Waals surface area contributed by atoms with Crippen LogP contribution in [0.25, 0.3) is 32.9 Å². The zero-order valence-electron chi connectivity index (χ0n) is 18.2. The van der Waals surface area contributed by atoms with Crippen molar-refractivity contribution in [3.8, 4) is 17.1 Å². The minimum atomic E-state index is -0.0590. The summed E-state index contributed by atoms with van der Waals surface area (Å²) in [6, 6.07) is 14.2. The van der Waals surface area contributed by atoms with Crippen molar-refractivity contribution in [2.24, 2.45) is 0 Å². The lowest BCUT2D eigenvalue weighted by Crippen LogP contribution is -2.48. The number of ether oxygens (including phenoxy) is 1. The van der Waals surface area contributed by atoms with Gasteiger partial charge in [0.05, 0.1) is 12.6 Å². The van der Waals surface area contributed by atoms with Crippen molar-refractivity contribution in [2.75, 3.05) is 38.2 Å². The standard InChI is InChI=1S/C25H22ClN5O2/c1-3-21(32)30-10-12-31(13-11-30)24-23-20(28-25(29-24)33-2)14-17(15-27-23)18-8-4-6-16-7-5-9-19(26)22(16)18/h3-9,14-15H,1,10-13H2,2H3. The van der Waals surface area contributed by atoms with Crippen molar-refractivity contribution < 1.29 is 9.53 Å². The summed E-state index contributed by atoms with van der Waals surface area (Å²) in [5, 5.41) is 2.73. The van der Waals surface area contributed by atoms with Crippen LogP contribution in [-0.4, -0.2) is 59.0 Å². The summed E-state index contributed by atoms with van der Waals surface area (Å²) in [6.07, 6.45) is 3.18. The van der Waals surface area contributed by atoms with Crippen molar-refractivity contribution >= 4 is 45.1 Å². The number of carbonyl (C=O) groups is 1. The predicted octanol–water partition coefficient (Wildman–Crippen LogP) is 4.34. The van der Waals surface area contributed by atoms with Gasteiger partial charge < -0.3 is 14.5 Å². The second-order valence-electron chi connectivity index (χ2n) is 7.79. The molecule has 1 fully saturated rings. The van der Waals surface area contributed by atoms with E-state index in [1.807, 2.05) is 48.7 Å². The molecule has 0 unspecified atom stereocenters. The molecular weight excluding hydrogens is 438 g/mol. The van der Waals surface area contributed by atoms with Crippen LogP contribution in [0, 0.1) is 0 Å². The highest BCUT2D eigenvalue weighted by atomic mass is 35.5. The van der Waals surface area contributed by atoms with Crippen LogP contribution in [-0.2, 0) is 4.79 Å². The topological polar surface area (TPSA) is 71.5 Å². The van der Waals surface area contributed by atoms with E-state index in [4.69, 9.17) is 21.3 Å². The van der Waals surface area contributed by atoms with Gasteiger partial charge >= 0.3 is 6.01 Å². The molecule has 0 bridgehead atoms. The van der Waals surface area contributed by atoms with Crippen LogP contribution >= 0.6 is 11.6 Å². The summed E-state index contributed by atoms with van der Waals surface area (Å²) in [6.45, 7) is 6.02. The molecule has 2 aromatic heterocycles. The van der Waals surface area contributed by atoms with Crippen LogP contribution in [0.5, 0.6) is 6.01 Å². The zero-order valence-corrected chi connectivity index (χ0v) is 18.9. The van der Waals surface area contributed by atoms with E-state index in [0.29, 0.717) is 48.1 Å². The van der Waals surface area contributed by atoms with E-state index in [2.05, 4.69) is 21.4 Å². The molecule has 4 aromatic rings. The minimum absolute atomic E-state index is 0.0590. The fourth-order valence-corrected chi connectivity index (χ4v) is 4.53. The Morgan fingerprint density at radius 1 is 1.12 bits per heavy atom. The Kier molecular flexibility index (Phi) is 5.56. The Labute approximate surface area is 196 Å². The van der Waals surface area contributed by atoms with E-state index in [-0.39, 0.29) is 11.9 Å². The van der Waals surface area contributed by atoms with Crippen LogP contribution in [0.3, 0.4) is 0 Å². The number of nitrogens with zero attached hydrogens (tertiary/aromatic N) is 5. The van der Waals surface area contributed by atoms with Gasteiger partial charge in [-0.25, -0.2) is 0 Å². The molecule has 166 valence electrons. The molecule has 1 aliphatic heterocycles. The van der Waals surface area contributed by atoms with Crippen LogP contribution in [0.2, 0.25) is 5.02 Å². The average Bonchev–Trinajstić information content (AvgIpc) is 2.87. The number of amides is 1. The van der Waals surface area contributed by atoms with Gasteiger partial charge in [0.25, 0.3) is 0 Å². The van der Waals surface area contributed by atoms with E-state index in [9.17, 15) is 4.79 Å². The first-order valence-corrected chi connectivity index (χ1v) is 11.0. The maximum absolute atomic E-state index is 11.9. The van der Waals surface area contributed by atoms with E-state index < -0.39 is 0 Å². The van der Waals surface area contributed by atoms with Gasteiger partial charge in [-0.1, -0.05) is 48.5 Å². The van der Waals surface area contributed by atoms with Gasteiger partial charge in [-0.05, 0) is 29.2 Å². The van der Waals surface area contributed by atoms with E-state index >= 15 is 0 Å². The number of hydrogen-bond donors (Lipinski definition) is 0. The number of piperazine rings is 1. The SMILES string of the molecule is C=CC(=O)N1CCN(c2nc(OC)nc3cc(-c4cccc5cccc(Cl)c45)cnc23)CC1. The summed E-state index contributed by atoms with van der Waals surface area (Å²) in [4.78, 5) is 29.7. The van der Waals surface area contributed by atoms with Crippen molar-refractivity contribution in [3.05, 3.63) is 66.3 Å². The molecule has 33 heavy (non-hydrogen) atoms. The number of methoxy groups -OCH3 is 1. The second kappa shape index (κ2) is 8.67. The summed E-state index contributed by atoms with van der Waals surface area (Å²) in [5.74, 6) is 0.640. The third kappa shape index (κ3) is 3.85. The van der Waals surface area contributed by atoms with Gasteiger partial charge in [-0.2, -0.15) is 9.97 Å². The highest BCUT2D eigenvalue weighted by Crippen LogP contribution is 2.35. The van der Waals surface area contributed by atoms with Crippen molar-refractivity contribution in [3.63, 3.8) is 0 Å². The lowest BCUT2D eigenvalue weighted by Gasteiger charge is -2.35. The number of halogens is 1. The molecule has 0 N–H and O–H groups in total. The molecule has 7 nitrogen and oxygen atoms in total. The molecule has 1 saturated heterocycles. The number of carbonyl (C=O) groups excluding carboxylic acids is 1. The Balaban J connectivity index is 1.58. The summed E-state index contributed by atoms with van der Waals surface area (Å²) in [5.41, 5.74) is 3.27. The number of rotatable bonds is 4. The number of pyridine rings is 1. The smallest absolute Gasteiger partial charge is 0.318 e. The Morgan fingerprint density at radius 3 is 2.61 bits per heavy atom. The third-order valence-corrected chi connectivity index (χ3v) is 6.22. The van der Waals surface area contributed by atoms with Crippen molar-refractivity contribution in [2.45, 2.75) is 0 Å². The zero-order chi connectivity index (χ0) is 22.9. The molecule has 1 amide bonds. The first-order valence-electron chi connectivity index (χ1n) is 10.6. The normalized spacial score (nSPS) is 14.0. The largest absolute Gasteiger partial charge is 0.467 e. The molecule has 0 saturated carbocycles. The van der Waals surface area contributed by atoms with Crippen molar-refractivity contribution in [1.29, 1.82) is 0 Å². The molecule has 0 radical (unpaired) electrons. The Bertz CT molecular complexity index is 1380. The first-order chi connectivity index (χ1) is 16.1. The molecule has 2 aromatic carbocycles. The second-order valence-corrected chi connectivity index (χ2v) is 8.19. The predicted molar refractivity (Wildman–Crippen MR) is 131 cm³/mol. The molecule has 5 rings (SSSR count). The highest BCUT2D eigenvalue weighted by molar-refractivity contribution is 6.36. The lowest BCUT2D eigenvalue weighted by atomic mass is 9.99. The lowest BCUT2D eigenvalue weighted by molar-refractivity contribution is -0.126. The Morgan fingerprint density at radius 2 is 1.88 bits per heavy atom. The van der Waals surface area contributed by atoms with E-state index in [1.54, 1.807) is 12.0 Å². The first kappa shape index (κ1) is 21.2. The minimum Gasteiger partial charge on any atom is -0.467 e. The third-order valence-electron chi connectivity index (χ3n) is 5.91. The van der Waals surface area contributed by atoms with Gasteiger partial charge in [0.15, 0.2) is 5.82 Å². The molecule has 8 heteroatoms. The highest BCUT2D eigenvalue weighted by Gasteiger charge is 2.24. The molecule has 1 aliphatic rings. The number of hydrogen-bond acceptors (Lipinski definition) is 6. The molecule has 0 spiro atoms. The monoisotopic (exact) mass is 459 g/mol. The van der Waals surface area contributed by atoms with Crippen LogP contribution in [0.15, 0.2) is 61.3 Å². The van der Waals surface area contributed by atoms with E-state index in [0.717, 1.165) is 21.9 Å². The quantitative estimate of drug-likeness (QED) is 0.423. The molecule has 0 atom stereocenters. The number of anilines is 1. The van der Waals surface area contributed by atoms with Crippen LogP contribution in [0.1, 0.15) is 0 Å². The van der Waals surface area contributed by atoms with Gasteiger partial charge in [-0.15, -0.1) is 0 Å². The van der Waals surface area contributed by atoms with Gasteiger partial charge in [0.2, 0.25) is 5.91 Å². The van der Waals surface area contributed by atoms with Gasteiger partial charge in [0, 0.05) is 48.3 Å². The van der Waals surface area contributed by atoms with Crippen LogP contribution < -0.4 is 9.64 Å². The Hall–Kier alpha value is -3.71. The number of benzene rings is 2. The number of aromatic nitrogens is 3. The van der Waals surface area contributed by atoms with Gasteiger partial charge in [-0.3, -0.25) is 9.78 Å². The van der Waals surface area contributed by atoms with Crippen LogP contribution in [0.4, 0.5) is 5.82 Å². The number of fused-ring (bicyclic) bond motifs is 2. The molecule has 0 aliphatic carbocycles. The summed E-state index contributed by atoms with van der Waals surface area (Å²) >= 11 is 6.54. The average molecular weight is 460 g/mol. The summed E-state index contributed by atoms with van der Waals surface area (Å²) < 4.78 is 5.39. The maximum Gasteiger partial charge on any atom is 0.318 e. The fourth-order valence-electron chi connectivity index (χ4n) is 4.24. The maximum atomic E-state index is 11.9. The van der Waals surface area contributed by atoms with Gasteiger partial charge in [0.1, 0.15) is 5.52 Å². The summed E-state index contributed by atoms with van der Waals surface area (Å²) in [7, 11) is 1.55. The van der Waals surface area contributed by atoms with E-state index in [1.165, 1.54) is 6.08 Å². The fraction of sp³-hybridized carbons (Fsp3) is 0.200.